The third kappa shape index (κ3) is 5.37. The topological polar surface area (TPSA) is 69.8 Å². The van der Waals surface area contributed by atoms with Crippen LogP contribution in [0.25, 0.3) is 6.08 Å². The monoisotopic (exact) mass is 329 g/mol. The molecule has 1 saturated heterocycles. The van der Waals surface area contributed by atoms with Gasteiger partial charge < -0.3 is 19.9 Å². The highest BCUT2D eigenvalue weighted by atomic mass is 16.5. The first kappa shape index (κ1) is 18.0. The maximum absolute atomic E-state index is 12.2. The Kier molecular flexibility index (Phi) is 6.79. The average molecular weight is 329 g/mol. The minimum absolute atomic E-state index is 0.129. The minimum atomic E-state index is -0.318. The van der Waals surface area contributed by atoms with Crippen LogP contribution in [-0.2, 0) is 9.53 Å². The van der Waals surface area contributed by atoms with Gasteiger partial charge in [0.15, 0.2) is 0 Å². The van der Waals surface area contributed by atoms with Crippen molar-refractivity contribution < 1.29 is 14.4 Å². The van der Waals surface area contributed by atoms with Gasteiger partial charge in [-0.3, -0.25) is 4.79 Å². The summed E-state index contributed by atoms with van der Waals surface area (Å²) in [5, 5.41) is 12.1. The van der Waals surface area contributed by atoms with E-state index in [-0.39, 0.29) is 11.5 Å². The number of rotatable bonds is 6. The molecule has 1 aliphatic heterocycles. The van der Waals surface area contributed by atoms with E-state index in [0.717, 1.165) is 44.1 Å². The molecule has 128 valence electrons. The van der Waals surface area contributed by atoms with E-state index in [1.165, 1.54) is 4.90 Å². The molecule has 1 aromatic carbocycles. The van der Waals surface area contributed by atoms with Crippen molar-refractivity contribution in [2.24, 2.45) is 0 Å². The summed E-state index contributed by atoms with van der Waals surface area (Å²) in [6, 6.07) is 9.71. The summed E-state index contributed by atoms with van der Waals surface area (Å²) in [6.45, 7) is 4.90. The maximum atomic E-state index is 12.2. The zero-order chi connectivity index (χ0) is 17.4. The van der Waals surface area contributed by atoms with Crippen LogP contribution in [0.5, 0.6) is 0 Å². The Hall–Kier alpha value is -2.36. The molecule has 1 amide bonds. The molecule has 24 heavy (non-hydrogen) atoms. The summed E-state index contributed by atoms with van der Waals surface area (Å²) in [4.78, 5) is 15.6. The number of hydrogen-bond donors (Lipinski definition) is 2. The number of amides is 1. The molecule has 6 heteroatoms. The Labute approximate surface area is 143 Å². The second kappa shape index (κ2) is 9.06. The lowest BCUT2D eigenvalue weighted by Gasteiger charge is -2.23. The molecule has 6 nitrogen and oxygen atoms in total. The fourth-order valence-electron chi connectivity index (χ4n) is 2.54. The Morgan fingerprint density at radius 1 is 1.33 bits per heavy atom. The molecule has 1 aliphatic rings. The summed E-state index contributed by atoms with van der Waals surface area (Å²) in [5.74, 6) is -0.318. The van der Waals surface area contributed by atoms with E-state index < -0.39 is 0 Å². The van der Waals surface area contributed by atoms with Gasteiger partial charge >= 0.3 is 0 Å². The number of anilines is 1. The van der Waals surface area contributed by atoms with Gasteiger partial charge in [-0.25, -0.2) is 0 Å². The molecular formula is C18H25N4O2+. The number of quaternary nitrogens is 1. The van der Waals surface area contributed by atoms with Crippen molar-refractivity contribution in [1.82, 2.24) is 5.32 Å². The van der Waals surface area contributed by atoms with Gasteiger partial charge in [0, 0.05) is 19.8 Å². The Balaban J connectivity index is 1.89. The predicted octanol–water partition coefficient (Wildman–Crippen LogP) is -0.309. The van der Waals surface area contributed by atoms with Crippen LogP contribution in [0.2, 0.25) is 0 Å². The van der Waals surface area contributed by atoms with Crippen molar-refractivity contribution in [3.8, 4) is 6.07 Å². The number of nitriles is 1. The summed E-state index contributed by atoms with van der Waals surface area (Å²) >= 11 is 0. The van der Waals surface area contributed by atoms with E-state index in [9.17, 15) is 10.1 Å². The summed E-state index contributed by atoms with van der Waals surface area (Å²) in [6.07, 6.45) is 1.62. The first-order valence-corrected chi connectivity index (χ1v) is 8.19. The van der Waals surface area contributed by atoms with Crippen LogP contribution >= 0.6 is 0 Å². The zero-order valence-corrected chi connectivity index (χ0v) is 14.3. The molecule has 0 aromatic heterocycles. The van der Waals surface area contributed by atoms with Crippen molar-refractivity contribution in [1.29, 1.82) is 5.26 Å². The van der Waals surface area contributed by atoms with E-state index in [0.29, 0.717) is 6.54 Å². The van der Waals surface area contributed by atoms with E-state index in [2.05, 4.69) is 5.32 Å². The maximum Gasteiger partial charge on any atom is 0.262 e. The highest BCUT2D eigenvalue weighted by molar-refractivity contribution is 6.01. The molecule has 1 heterocycles. The Bertz CT molecular complexity index is 611. The van der Waals surface area contributed by atoms with Gasteiger partial charge in [-0.2, -0.15) is 5.26 Å². The van der Waals surface area contributed by atoms with Crippen molar-refractivity contribution in [3.63, 3.8) is 0 Å². The summed E-state index contributed by atoms with van der Waals surface area (Å²) in [7, 11) is 3.94. The molecule has 0 saturated carbocycles. The fraction of sp³-hybridized carbons (Fsp3) is 0.444. The number of carbonyl (C=O) groups is 1. The third-order valence-electron chi connectivity index (χ3n) is 4.05. The van der Waals surface area contributed by atoms with Crippen LogP contribution in [0.4, 0.5) is 5.69 Å². The summed E-state index contributed by atoms with van der Waals surface area (Å²) in [5.41, 5.74) is 2.04. The van der Waals surface area contributed by atoms with Gasteiger partial charge in [-0.1, -0.05) is 12.1 Å². The van der Waals surface area contributed by atoms with Crippen molar-refractivity contribution in [3.05, 3.63) is 35.4 Å². The normalized spacial score (nSPS) is 15.6. The molecule has 0 aliphatic carbocycles. The molecule has 0 unspecified atom stereocenters. The SMILES string of the molecule is CN(C)c1ccc(/C=C(/C#N)C(=O)NCC[NH+]2CCOCC2)cc1. The standard InChI is InChI=1S/C18H24N4O2/c1-21(2)17-5-3-15(4-6-17)13-16(14-19)18(23)20-7-8-22-9-11-24-12-10-22/h3-6,13H,7-12H2,1-2H3,(H,20,23)/p+1/b16-13-. The van der Waals surface area contributed by atoms with Crippen LogP contribution in [0.1, 0.15) is 5.56 Å². The predicted molar refractivity (Wildman–Crippen MR) is 93.8 cm³/mol. The molecule has 0 spiro atoms. The van der Waals surface area contributed by atoms with Gasteiger partial charge in [0.1, 0.15) is 24.7 Å². The summed E-state index contributed by atoms with van der Waals surface area (Å²) < 4.78 is 5.31. The average Bonchev–Trinajstić information content (AvgIpc) is 2.60. The largest absolute Gasteiger partial charge is 0.378 e. The lowest BCUT2D eigenvalue weighted by molar-refractivity contribution is -0.906. The molecule has 0 atom stereocenters. The van der Waals surface area contributed by atoms with Crippen LogP contribution in [-0.4, -0.2) is 59.4 Å². The highest BCUT2D eigenvalue weighted by Gasteiger charge is 2.14. The van der Waals surface area contributed by atoms with E-state index >= 15 is 0 Å². The van der Waals surface area contributed by atoms with Gasteiger partial charge in [0.05, 0.1) is 26.3 Å². The third-order valence-corrected chi connectivity index (χ3v) is 4.05. The van der Waals surface area contributed by atoms with Crippen molar-refractivity contribution >= 4 is 17.7 Å². The van der Waals surface area contributed by atoms with Crippen LogP contribution in [0.3, 0.4) is 0 Å². The highest BCUT2D eigenvalue weighted by Crippen LogP contribution is 2.14. The lowest BCUT2D eigenvalue weighted by atomic mass is 10.1. The van der Waals surface area contributed by atoms with Crippen molar-refractivity contribution in [2.75, 3.05) is 58.4 Å². The number of nitrogens with zero attached hydrogens (tertiary/aromatic N) is 2. The molecular weight excluding hydrogens is 304 g/mol. The van der Waals surface area contributed by atoms with Crippen LogP contribution < -0.4 is 15.1 Å². The number of morpholine rings is 1. The van der Waals surface area contributed by atoms with Crippen LogP contribution in [0.15, 0.2) is 29.8 Å². The molecule has 2 N–H and O–H groups in total. The van der Waals surface area contributed by atoms with Gasteiger partial charge in [0.25, 0.3) is 5.91 Å². The fourth-order valence-corrected chi connectivity index (χ4v) is 2.54. The molecule has 1 aromatic rings. The first-order valence-electron chi connectivity index (χ1n) is 8.19. The Morgan fingerprint density at radius 2 is 2.00 bits per heavy atom. The van der Waals surface area contributed by atoms with E-state index in [1.54, 1.807) is 6.08 Å². The van der Waals surface area contributed by atoms with E-state index in [4.69, 9.17) is 4.74 Å². The molecule has 1 fully saturated rings. The molecule has 0 radical (unpaired) electrons. The number of carbonyl (C=O) groups excluding carboxylic acids is 1. The quantitative estimate of drug-likeness (QED) is 0.555. The second-order valence-corrected chi connectivity index (χ2v) is 6.02. The van der Waals surface area contributed by atoms with Crippen molar-refractivity contribution in [2.45, 2.75) is 0 Å². The van der Waals surface area contributed by atoms with Gasteiger partial charge in [-0.05, 0) is 23.8 Å². The van der Waals surface area contributed by atoms with Crippen LogP contribution in [0, 0.1) is 11.3 Å². The Morgan fingerprint density at radius 3 is 2.58 bits per heavy atom. The number of ether oxygens (including phenoxy) is 1. The van der Waals surface area contributed by atoms with Gasteiger partial charge in [-0.15, -0.1) is 0 Å². The first-order chi connectivity index (χ1) is 11.6. The molecule has 2 rings (SSSR count). The minimum Gasteiger partial charge on any atom is -0.378 e. The number of benzene rings is 1. The smallest absolute Gasteiger partial charge is 0.262 e. The number of hydrogen-bond acceptors (Lipinski definition) is 4. The zero-order valence-electron chi connectivity index (χ0n) is 14.3. The molecule has 0 bridgehead atoms. The van der Waals surface area contributed by atoms with Gasteiger partial charge in [0.2, 0.25) is 0 Å². The lowest BCUT2D eigenvalue weighted by Crippen LogP contribution is -3.14. The second-order valence-electron chi connectivity index (χ2n) is 6.02. The number of nitrogens with one attached hydrogen (secondary N) is 2. The van der Waals surface area contributed by atoms with E-state index in [1.807, 2.05) is 49.3 Å².